The molecular weight excluding hydrogens is 300 g/mol. The molecule has 0 unspecified atom stereocenters. The van der Waals surface area contributed by atoms with E-state index >= 15 is 0 Å². The van der Waals surface area contributed by atoms with Crippen LogP contribution in [0.4, 0.5) is 0 Å². The van der Waals surface area contributed by atoms with Gasteiger partial charge in [0.25, 0.3) is 0 Å². The zero-order valence-corrected chi connectivity index (χ0v) is 10.6. The minimum absolute atomic E-state index is 0.0355. The van der Waals surface area contributed by atoms with Crippen LogP contribution in [0.5, 0.6) is 0 Å². The Morgan fingerprint density at radius 1 is 1.33 bits per heavy atom. The van der Waals surface area contributed by atoms with Crippen LogP contribution in [0.25, 0.3) is 22.4 Å². The van der Waals surface area contributed by atoms with Crippen LogP contribution in [0.15, 0.2) is 39.2 Å². The van der Waals surface area contributed by atoms with E-state index in [4.69, 9.17) is 9.52 Å². The van der Waals surface area contributed by atoms with Gasteiger partial charge in [-0.25, -0.2) is 4.79 Å². The fourth-order valence-electron chi connectivity index (χ4n) is 1.70. The van der Waals surface area contributed by atoms with E-state index in [2.05, 4.69) is 26.1 Å². The lowest BCUT2D eigenvalue weighted by molar-refractivity contribution is 0.0690. The number of rotatable bonds is 2. The molecule has 0 aliphatic heterocycles. The Bertz CT molecular complexity index is 745. The molecule has 3 rings (SSSR count). The number of nitrogens with one attached hydrogen (secondary N) is 1. The van der Waals surface area contributed by atoms with Gasteiger partial charge in [-0.3, -0.25) is 5.10 Å². The molecule has 0 aliphatic rings. The van der Waals surface area contributed by atoms with Crippen LogP contribution in [0.1, 0.15) is 10.5 Å². The number of nitrogens with zero attached hydrogens (tertiary/aromatic N) is 1. The van der Waals surface area contributed by atoms with Gasteiger partial charge in [-0.1, -0.05) is 15.9 Å². The normalized spacial score (nSPS) is 10.9. The van der Waals surface area contributed by atoms with E-state index in [0.29, 0.717) is 11.5 Å². The highest BCUT2D eigenvalue weighted by Crippen LogP contribution is 2.28. The molecule has 2 heterocycles. The van der Waals surface area contributed by atoms with Crippen molar-refractivity contribution in [3.05, 3.63) is 40.5 Å². The Hall–Kier alpha value is -2.08. The smallest absolute Gasteiger partial charge is 0.356 e. The predicted octanol–water partition coefficient (Wildman–Crippen LogP) is 3.28. The summed E-state index contributed by atoms with van der Waals surface area (Å²) in [4.78, 5) is 10.7. The Morgan fingerprint density at radius 2 is 2.17 bits per heavy atom. The summed E-state index contributed by atoms with van der Waals surface area (Å²) in [6, 6.07) is 8.96. The highest BCUT2D eigenvalue weighted by Gasteiger charge is 2.12. The summed E-state index contributed by atoms with van der Waals surface area (Å²) in [6.45, 7) is 0. The summed E-state index contributed by atoms with van der Waals surface area (Å²) in [6.07, 6.45) is 0. The summed E-state index contributed by atoms with van der Waals surface area (Å²) in [5.41, 5.74) is 1.23. The quantitative estimate of drug-likeness (QED) is 0.761. The number of fused-ring (bicyclic) bond motifs is 1. The molecule has 0 spiro atoms. The zero-order chi connectivity index (χ0) is 12.7. The van der Waals surface area contributed by atoms with Crippen LogP contribution >= 0.6 is 15.9 Å². The number of furan rings is 1. The van der Waals surface area contributed by atoms with Crippen molar-refractivity contribution in [3.63, 3.8) is 0 Å². The standard InChI is InChI=1S/C12H7BrN2O3/c13-7-2-1-6-3-11(18-10(6)4-7)8-5-9(12(16)17)15-14-8/h1-5H,(H,14,15)(H,16,17). The minimum atomic E-state index is -1.07. The summed E-state index contributed by atoms with van der Waals surface area (Å²) in [5, 5.41) is 16.1. The van der Waals surface area contributed by atoms with Crippen LogP contribution in [0, 0.1) is 0 Å². The molecule has 6 heteroatoms. The van der Waals surface area contributed by atoms with E-state index < -0.39 is 5.97 Å². The molecule has 0 aliphatic carbocycles. The van der Waals surface area contributed by atoms with Crippen molar-refractivity contribution < 1.29 is 14.3 Å². The molecule has 0 atom stereocenters. The largest absolute Gasteiger partial charge is 0.476 e. The fourth-order valence-corrected chi connectivity index (χ4v) is 2.04. The first kappa shape index (κ1) is 11.0. The highest BCUT2D eigenvalue weighted by molar-refractivity contribution is 9.10. The second-order valence-corrected chi connectivity index (χ2v) is 4.68. The molecule has 3 aromatic rings. The van der Waals surface area contributed by atoms with Gasteiger partial charge in [0.1, 0.15) is 11.3 Å². The van der Waals surface area contributed by atoms with Gasteiger partial charge in [0.15, 0.2) is 11.5 Å². The number of halogens is 1. The number of hydrogen-bond donors (Lipinski definition) is 2. The van der Waals surface area contributed by atoms with Gasteiger partial charge in [0.05, 0.1) is 0 Å². The number of carboxylic acids is 1. The number of aromatic amines is 1. The molecule has 0 bridgehead atoms. The van der Waals surface area contributed by atoms with Gasteiger partial charge in [-0.15, -0.1) is 0 Å². The molecule has 18 heavy (non-hydrogen) atoms. The molecule has 2 N–H and O–H groups in total. The molecule has 2 aromatic heterocycles. The van der Waals surface area contributed by atoms with Crippen LogP contribution in [0.3, 0.4) is 0 Å². The molecule has 0 saturated heterocycles. The van der Waals surface area contributed by atoms with E-state index in [1.807, 2.05) is 24.3 Å². The van der Waals surface area contributed by atoms with Gasteiger partial charge >= 0.3 is 5.97 Å². The fraction of sp³-hybridized carbons (Fsp3) is 0. The topological polar surface area (TPSA) is 79.1 Å². The maximum Gasteiger partial charge on any atom is 0.356 e. The summed E-state index contributed by atoms with van der Waals surface area (Å²) in [7, 11) is 0. The lowest BCUT2D eigenvalue weighted by Gasteiger charge is -1.89. The second-order valence-electron chi connectivity index (χ2n) is 3.76. The number of aromatic carboxylic acids is 1. The van der Waals surface area contributed by atoms with E-state index in [1.54, 1.807) is 0 Å². The molecule has 5 nitrogen and oxygen atoms in total. The summed E-state index contributed by atoms with van der Waals surface area (Å²) in [5.74, 6) is -0.514. The molecular formula is C12H7BrN2O3. The van der Waals surface area contributed by atoms with Crippen molar-refractivity contribution >= 4 is 32.9 Å². The first-order valence-corrected chi connectivity index (χ1v) is 5.91. The maximum atomic E-state index is 10.7. The van der Waals surface area contributed by atoms with Crippen molar-refractivity contribution in [1.29, 1.82) is 0 Å². The van der Waals surface area contributed by atoms with Crippen LogP contribution in [-0.2, 0) is 0 Å². The van der Waals surface area contributed by atoms with Crippen molar-refractivity contribution in [2.24, 2.45) is 0 Å². The first-order valence-electron chi connectivity index (χ1n) is 5.11. The summed E-state index contributed by atoms with van der Waals surface area (Å²) < 4.78 is 6.56. The second kappa shape index (κ2) is 3.99. The van der Waals surface area contributed by atoms with Crippen molar-refractivity contribution in [2.75, 3.05) is 0 Å². The van der Waals surface area contributed by atoms with E-state index in [1.165, 1.54) is 6.07 Å². The van der Waals surface area contributed by atoms with E-state index in [-0.39, 0.29) is 5.69 Å². The molecule has 0 radical (unpaired) electrons. The molecule has 0 saturated carbocycles. The Kier molecular flexibility index (Phi) is 2.45. The summed E-state index contributed by atoms with van der Waals surface area (Å²) >= 11 is 3.36. The third-order valence-electron chi connectivity index (χ3n) is 2.54. The van der Waals surface area contributed by atoms with Gasteiger partial charge < -0.3 is 9.52 Å². The van der Waals surface area contributed by atoms with E-state index in [9.17, 15) is 4.79 Å². The average molecular weight is 307 g/mol. The number of carbonyl (C=O) groups is 1. The predicted molar refractivity (Wildman–Crippen MR) is 68.5 cm³/mol. The lowest BCUT2D eigenvalue weighted by atomic mass is 10.2. The zero-order valence-electron chi connectivity index (χ0n) is 8.98. The SMILES string of the molecule is O=C(O)c1cc(-c2cc3ccc(Br)cc3o2)[nH]n1. The van der Waals surface area contributed by atoms with Crippen LogP contribution < -0.4 is 0 Å². The van der Waals surface area contributed by atoms with Gasteiger partial charge in [-0.2, -0.15) is 5.10 Å². The first-order chi connectivity index (χ1) is 8.63. The maximum absolute atomic E-state index is 10.7. The Morgan fingerprint density at radius 3 is 2.89 bits per heavy atom. The molecule has 0 amide bonds. The number of aromatic nitrogens is 2. The van der Waals surface area contributed by atoms with Crippen LogP contribution in [-0.4, -0.2) is 21.3 Å². The molecule has 1 aromatic carbocycles. The van der Waals surface area contributed by atoms with Crippen LogP contribution in [0.2, 0.25) is 0 Å². The van der Waals surface area contributed by atoms with Gasteiger partial charge in [0, 0.05) is 15.9 Å². The number of carboxylic acid groups (broad SMARTS) is 1. The average Bonchev–Trinajstić information content (AvgIpc) is 2.93. The number of benzene rings is 1. The minimum Gasteiger partial charge on any atom is -0.476 e. The van der Waals surface area contributed by atoms with Crippen molar-refractivity contribution in [1.82, 2.24) is 10.2 Å². The number of H-pyrrole nitrogens is 1. The van der Waals surface area contributed by atoms with Gasteiger partial charge in [0.2, 0.25) is 0 Å². The number of hydrogen-bond acceptors (Lipinski definition) is 3. The Balaban J connectivity index is 2.10. The Labute approximate surface area is 110 Å². The van der Waals surface area contributed by atoms with Crippen molar-refractivity contribution in [3.8, 4) is 11.5 Å². The van der Waals surface area contributed by atoms with Gasteiger partial charge in [-0.05, 0) is 24.3 Å². The lowest BCUT2D eigenvalue weighted by Crippen LogP contribution is -1.95. The monoisotopic (exact) mass is 306 g/mol. The van der Waals surface area contributed by atoms with E-state index in [0.717, 1.165) is 15.4 Å². The molecule has 0 fully saturated rings. The highest BCUT2D eigenvalue weighted by atomic mass is 79.9. The van der Waals surface area contributed by atoms with Crippen molar-refractivity contribution in [2.45, 2.75) is 0 Å². The third-order valence-corrected chi connectivity index (χ3v) is 3.04. The third kappa shape index (κ3) is 1.80. The molecule has 90 valence electrons.